The van der Waals surface area contributed by atoms with Crippen molar-refractivity contribution in [2.24, 2.45) is 0 Å². The van der Waals surface area contributed by atoms with E-state index in [1.165, 1.54) is 37.4 Å². The molecule has 1 aromatic rings. The lowest BCUT2D eigenvalue weighted by atomic mass is 10.2. The van der Waals surface area contributed by atoms with Gasteiger partial charge in [0, 0.05) is 6.08 Å². The van der Waals surface area contributed by atoms with Crippen LogP contribution >= 0.6 is 0 Å². The zero-order valence-electron chi connectivity index (χ0n) is 8.54. The van der Waals surface area contributed by atoms with Crippen LogP contribution in [0.25, 0.3) is 6.08 Å². The molecule has 0 aromatic heterocycles. The van der Waals surface area contributed by atoms with E-state index in [9.17, 15) is 13.2 Å². The Bertz CT molecular complexity index is 502. The minimum atomic E-state index is -3.44. The summed E-state index contributed by atoms with van der Waals surface area (Å²) in [7, 11) is -2.11. The number of rotatable bonds is 4. The lowest BCUT2D eigenvalue weighted by Gasteiger charge is -2.01. The summed E-state index contributed by atoms with van der Waals surface area (Å²) in [5.74, 6) is -1.05. The number of hydrogen-bond donors (Lipinski definition) is 2. The Labute approximate surface area is 93.5 Å². The topological polar surface area (TPSA) is 83.5 Å². The first kappa shape index (κ1) is 12.4. The maximum atomic E-state index is 11.4. The third-order valence-electron chi connectivity index (χ3n) is 1.88. The van der Waals surface area contributed by atoms with Crippen molar-refractivity contribution in [1.29, 1.82) is 0 Å². The van der Waals surface area contributed by atoms with Crippen molar-refractivity contribution < 1.29 is 18.3 Å². The van der Waals surface area contributed by atoms with Crippen molar-refractivity contribution >= 4 is 22.1 Å². The minimum absolute atomic E-state index is 0.141. The highest BCUT2D eigenvalue weighted by atomic mass is 32.2. The van der Waals surface area contributed by atoms with Gasteiger partial charge in [-0.2, -0.15) is 0 Å². The molecule has 0 bridgehead atoms. The SMILES string of the molecule is CNS(=O)(=O)c1ccc(C=CC(=O)O)cc1. The Morgan fingerprint density at radius 3 is 2.31 bits per heavy atom. The van der Waals surface area contributed by atoms with Crippen LogP contribution in [0.15, 0.2) is 35.2 Å². The average Bonchev–Trinajstić information content (AvgIpc) is 2.27. The van der Waals surface area contributed by atoms with Gasteiger partial charge < -0.3 is 5.11 Å². The number of aliphatic carboxylic acids is 1. The fraction of sp³-hybridized carbons (Fsp3) is 0.100. The number of nitrogens with one attached hydrogen (secondary N) is 1. The Morgan fingerprint density at radius 2 is 1.88 bits per heavy atom. The summed E-state index contributed by atoms with van der Waals surface area (Å²) in [5.41, 5.74) is 0.623. The molecular weight excluding hydrogens is 230 g/mol. The summed E-state index contributed by atoms with van der Waals surface area (Å²) in [5, 5.41) is 8.40. The first-order valence-electron chi connectivity index (χ1n) is 4.40. The van der Waals surface area contributed by atoms with E-state index in [2.05, 4.69) is 4.72 Å². The van der Waals surface area contributed by atoms with E-state index in [1.807, 2.05) is 0 Å². The van der Waals surface area contributed by atoms with Gasteiger partial charge in [0.05, 0.1) is 4.90 Å². The number of benzene rings is 1. The molecule has 0 spiro atoms. The van der Waals surface area contributed by atoms with Crippen molar-refractivity contribution in [2.45, 2.75) is 4.90 Å². The molecule has 0 heterocycles. The van der Waals surface area contributed by atoms with Crippen molar-refractivity contribution in [3.05, 3.63) is 35.9 Å². The second-order valence-corrected chi connectivity index (χ2v) is 4.83. The van der Waals surface area contributed by atoms with Crippen molar-refractivity contribution in [2.75, 3.05) is 7.05 Å². The van der Waals surface area contributed by atoms with Crippen LogP contribution in [0.1, 0.15) is 5.56 Å². The van der Waals surface area contributed by atoms with E-state index in [1.54, 1.807) is 0 Å². The zero-order chi connectivity index (χ0) is 12.2. The summed E-state index contributed by atoms with van der Waals surface area (Å²) in [6.45, 7) is 0. The van der Waals surface area contributed by atoms with Gasteiger partial charge in [-0.1, -0.05) is 12.1 Å². The lowest BCUT2D eigenvalue weighted by molar-refractivity contribution is -0.131. The molecule has 0 aliphatic rings. The van der Waals surface area contributed by atoms with Gasteiger partial charge in [0.15, 0.2) is 0 Å². The molecule has 16 heavy (non-hydrogen) atoms. The van der Waals surface area contributed by atoms with Gasteiger partial charge in [-0.05, 0) is 30.8 Å². The van der Waals surface area contributed by atoms with Crippen LogP contribution in [0.4, 0.5) is 0 Å². The summed E-state index contributed by atoms with van der Waals surface area (Å²) >= 11 is 0. The lowest BCUT2D eigenvalue weighted by Crippen LogP contribution is -2.18. The molecule has 6 heteroatoms. The quantitative estimate of drug-likeness (QED) is 0.760. The minimum Gasteiger partial charge on any atom is -0.478 e. The summed E-state index contributed by atoms with van der Waals surface area (Å²) < 4.78 is 24.9. The van der Waals surface area contributed by atoms with Crippen LogP contribution in [0.2, 0.25) is 0 Å². The molecule has 0 radical (unpaired) electrons. The van der Waals surface area contributed by atoms with Gasteiger partial charge in [-0.15, -0.1) is 0 Å². The standard InChI is InChI=1S/C10H11NO4S/c1-11-16(14,15)9-5-2-8(3-6-9)4-7-10(12)13/h2-7,11H,1H3,(H,12,13). The van der Waals surface area contributed by atoms with Crippen LogP contribution in [0, 0.1) is 0 Å². The second-order valence-electron chi connectivity index (χ2n) is 2.95. The van der Waals surface area contributed by atoms with Gasteiger partial charge in [0.2, 0.25) is 10.0 Å². The van der Waals surface area contributed by atoms with Gasteiger partial charge >= 0.3 is 5.97 Å². The molecule has 0 amide bonds. The van der Waals surface area contributed by atoms with E-state index in [0.29, 0.717) is 5.56 Å². The monoisotopic (exact) mass is 241 g/mol. The highest BCUT2D eigenvalue weighted by molar-refractivity contribution is 7.89. The number of carbonyl (C=O) groups is 1. The van der Waals surface area contributed by atoms with Gasteiger partial charge in [0.1, 0.15) is 0 Å². The molecule has 0 saturated heterocycles. The Balaban J connectivity index is 2.96. The first-order valence-corrected chi connectivity index (χ1v) is 5.88. The Kier molecular flexibility index (Phi) is 3.81. The molecule has 5 nitrogen and oxygen atoms in total. The van der Waals surface area contributed by atoms with E-state index in [-0.39, 0.29) is 4.90 Å². The van der Waals surface area contributed by atoms with E-state index < -0.39 is 16.0 Å². The predicted molar refractivity (Wildman–Crippen MR) is 59.4 cm³/mol. The first-order chi connectivity index (χ1) is 7.45. The fourth-order valence-corrected chi connectivity index (χ4v) is 1.77. The van der Waals surface area contributed by atoms with Gasteiger partial charge in [-0.25, -0.2) is 17.9 Å². The summed E-state index contributed by atoms with van der Waals surface area (Å²) in [4.78, 5) is 10.4. The van der Waals surface area contributed by atoms with Crippen molar-refractivity contribution in [3.63, 3.8) is 0 Å². The molecule has 0 fully saturated rings. The van der Waals surface area contributed by atoms with Crippen LogP contribution < -0.4 is 4.72 Å². The average molecular weight is 241 g/mol. The van der Waals surface area contributed by atoms with Crippen molar-refractivity contribution in [3.8, 4) is 0 Å². The number of carboxylic acids is 1. The van der Waals surface area contributed by atoms with Crippen molar-refractivity contribution in [1.82, 2.24) is 4.72 Å². The van der Waals surface area contributed by atoms with Gasteiger partial charge in [-0.3, -0.25) is 0 Å². The maximum absolute atomic E-state index is 11.4. The fourth-order valence-electron chi connectivity index (χ4n) is 1.04. The highest BCUT2D eigenvalue weighted by Gasteiger charge is 2.09. The third-order valence-corrected chi connectivity index (χ3v) is 3.31. The van der Waals surface area contributed by atoms with Crippen LogP contribution in [-0.2, 0) is 14.8 Å². The normalized spacial score (nSPS) is 11.8. The van der Waals surface area contributed by atoms with E-state index in [0.717, 1.165) is 6.08 Å². The summed E-state index contributed by atoms with van der Waals surface area (Å²) in [6.07, 6.45) is 2.37. The molecule has 1 rings (SSSR count). The van der Waals surface area contributed by atoms with Crippen LogP contribution in [-0.4, -0.2) is 26.5 Å². The molecule has 86 valence electrons. The number of sulfonamides is 1. The summed E-state index contributed by atoms with van der Waals surface area (Å²) in [6, 6.07) is 5.88. The highest BCUT2D eigenvalue weighted by Crippen LogP contribution is 2.10. The molecule has 0 saturated carbocycles. The third kappa shape index (κ3) is 3.18. The molecule has 0 aliphatic heterocycles. The molecular formula is C10H11NO4S. The molecule has 0 atom stereocenters. The Morgan fingerprint density at radius 1 is 1.31 bits per heavy atom. The molecule has 0 unspecified atom stereocenters. The second kappa shape index (κ2) is 4.91. The van der Waals surface area contributed by atoms with E-state index in [4.69, 9.17) is 5.11 Å². The van der Waals surface area contributed by atoms with Crippen LogP contribution in [0.5, 0.6) is 0 Å². The smallest absolute Gasteiger partial charge is 0.328 e. The maximum Gasteiger partial charge on any atom is 0.328 e. The van der Waals surface area contributed by atoms with Crippen LogP contribution in [0.3, 0.4) is 0 Å². The predicted octanol–water partition coefficient (Wildman–Crippen LogP) is 0.692. The number of carboxylic acid groups (broad SMARTS) is 1. The Hall–Kier alpha value is -1.66. The molecule has 1 aromatic carbocycles. The number of hydrogen-bond acceptors (Lipinski definition) is 3. The largest absolute Gasteiger partial charge is 0.478 e. The van der Waals surface area contributed by atoms with Gasteiger partial charge in [0.25, 0.3) is 0 Å². The van der Waals surface area contributed by atoms with E-state index >= 15 is 0 Å². The molecule has 0 aliphatic carbocycles. The molecule has 2 N–H and O–H groups in total. The zero-order valence-corrected chi connectivity index (χ0v) is 9.36.